The molecule has 22 heteroatoms. The van der Waals surface area contributed by atoms with Crippen molar-refractivity contribution in [1.82, 2.24) is 30.0 Å². The SMILES string of the molecule is CC(C)(C)OC(=O)N1CC2CN(C(=O)Nc3cc(F)cc(F)c3)CC(C1)C2(O)c1ccc(Br)cn1.CC(C)(C)OC(=O)N1CC2CNCC(C1)C2(O)c1ccc(Br)cn1.N#COc1cc(F)cc(F)c1. The number of amides is 4. The average molecular weight is 1110 g/mol. The summed E-state index contributed by atoms with van der Waals surface area (Å²) in [6.45, 7) is 13.6. The van der Waals surface area contributed by atoms with E-state index in [0.717, 1.165) is 39.3 Å². The molecule has 376 valence electrons. The maximum absolute atomic E-state index is 13.6. The molecule has 0 saturated carbocycles. The van der Waals surface area contributed by atoms with E-state index in [1.54, 1.807) is 55.1 Å². The van der Waals surface area contributed by atoms with Crippen molar-refractivity contribution in [1.29, 1.82) is 5.26 Å². The molecule has 0 aliphatic carbocycles. The molecule has 16 nitrogen and oxygen atoms in total. The average Bonchev–Trinajstić information content (AvgIpc) is 3.22. The summed E-state index contributed by atoms with van der Waals surface area (Å²) >= 11 is 6.73. The van der Waals surface area contributed by atoms with Crippen LogP contribution >= 0.6 is 31.9 Å². The van der Waals surface area contributed by atoms with Crippen LogP contribution in [-0.2, 0) is 20.7 Å². The number of benzene rings is 2. The fraction of sp³-hybridized carbons (Fsp3) is 0.458. The van der Waals surface area contributed by atoms with Crippen molar-refractivity contribution in [2.45, 2.75) is 63.9 Å². The van der Waals surface area contributed by atoms with Crippen LogP contribution in [0, 0.1) is 58.5 Å². The van der Waals surface area contributed by atoms with Gasteiger partial charge in [-0.05, 0) is 110 Å². The first kappa shape index (κ1) is 53.7. The number of nitrogens with one attached hydrogen (secondary N) is 2. The van der Waals surface area contributed by atoms with E-state index in [2.05, 4.69) is 57.2 Å². The fourth-order valence-corrected chi connectivity index (χ4v) is 9.43. The summed E-state index contributed by atoms with van der Waals surface area (Å²) in [7, 11) is 0. The smallest absolute Gasteiger partial charge is 0.410 e. The third-order valence-corrected chi connectivity index (χ3v) is 12.8. The van der Waals surface area contributed by atoms with Gasteiger partial charge < -0.3 is 49.8 Å². The van der Waals surface area contributed by atoms with E-state index in [1.165, 1.54) is 11.2 Å². The number of likely N-dealkylation sites (tertiary alicyclic amines) is 3. The molecule has 0 spiro atoms. The van der Waals surface area contributed by atoms with Crippen LogP contribution in [0.15, 0.2) is 82.0 Å². The molecule has 4 fully saturated rings. The van der Waals surface area contributed by atoms with Gasteiger partial charge in [-0.15, -0.1) is 5.26 Å². The van der Waals surface area contributed by atoms with Crippen molar-refractivity contribution in [3.63, 3.8) is 0 Å². The van der Waals surface area contributed by atoms with Crippen LogP contribution in [0.4, 0.5) is 37.6 Å². The van der Waals surface area contributed by atoms with Crippen LogP contribution in [0.2, 0.25) is 0 Å². The number of carbonyl (C=O) groups is 3. The standard InChI is InChI=1S/C24H27BrF2N4O4.C17H24BrN3O3.C7H3F2NO/c1-23(2,3)35-22(33)31-12-14-10-30(21(32)29-19-7-17(26)6-18(27)8-19)11-15(13-31)24(14,34)20-5-4-16(25)9-28-20;1-16(2,3)24-15(22)21-9-11-6-19-7-12(10-21)17(11,23)14-5-4-13(18)8-20-14;8-5-1-6(9)3-7(2-5)11-4-10/h4-9,14-15,34H,10-13H2,1-3H3,(H,29,32);4-5,8,11-12,19,23H,6-7,9-10H2,1-3H3;1-3H. The van der Waals surface area contributed by atoms with Crippen molar-refractivity contribution in [3.8, 4) is 12.0 Å². The van der Waals surface area contributed by atoms with Crippen LogP contribution in [0.25, 0.3) is 0 Å². The lowest BCUT2D eigenvalue weighted by Crippen LogP contribution is -2.67. The van der Waals surface area contributed by atoms with Crippen LogP contribution < -0.4 is 15.4 Å². The number of rotatable bonds is 4. The molecule has 2 aromatic carbocycles. The molecular weight excluding hydrogens is 1050 g/mol. The van der Waals surface area contributed by atoms with Gasteiger partial charge in [-0.2, -0.15) is 0 Å². The molecule has 8 rings (SSSR count). The number of nitrogens with zero attached hydrogens (tertiary/aromatic N) is 6. The number of hydrogen-bond donors (Lipinski definition) is 4. The normalized spacial score (nSPS) is 23.8. The highest BCUT2D eigenvalue weighted by atomic mass is 79.9. The monoisotopic (exact) mass is 1100 g/mol. The minimum Gasteiger partial charge on any atom is -0.444 e. The number of urea groups is 1. The van der Waals surface area contributed by atoms with Crippen molar-refractivity contribution in [2.24, 2.45) is 23.7 Å². The summed E-state index contributed by atoms with van der Waals surface area (Å²) in [6.07, 6.45) is 3.79. The number of carbonyl (C=O) groups excluding carboxylic acids is 3. The molecule has 4 N–H and O–H groups in total. The number of hydrogen-bond acceptors (Lipinski definition) is 12. The molecule has 4 saturated heterocycles. The van der Waals surface area contributed by atoms with E-state index in [9.17, 15) is 42.2 Å². The third-order valence-electron chi connectivity index (χ3n) is 11.9. The summed E-state index contributed by atoms with van der Waals surface area (Å²) in [4.78, 5) is 51.8. The molecule has 4 aromatic rings. The molecule has 4 amide bonds. The van der Waals surface area contributed by atoms with E-state index < -0.39 is 69.6 Å². The maximum atomic E-state index is 13.6. The molecule has 4 aliphatic rings. The Morgan fingerprint density at radius 2 is 1.06 bits per heavy atom. The van der Waals surface area contributed by atoms with Crippen molar-refractivity contribution in [2.75, 3.05) is 57.7 Å². The fourth-order valence-electron chi connectivity index (χ4n) is 8.96. The second-order valence-corrected chi connectivity index (χ2v) is 21.2. The van der Waals surface area contributed by atoms with Crippen LogP contribution in [0.5, 0.6) is 5.75 Å². The minimum absolute atomic E-state index is 0.0107. The Hall–Kier alpha value is -5.60. The number of pyridine rings is 2. The molecule has 6 heterocycles. The lowest BCUT2D eigenvalue weighted by Gasteiger charge is -2.55. The quantitative estimate of drug-likeness (QED) is 0.113. The molecule has 4 aliphatic heterocycles. The van der Waals surface area contributed by atoms with Gasteiger partial charge in [0.2, 0.25) is 0 Å². The van der Waals surface area contributed by atoms with Gasteiger partial charge >= 0.3 is 18.2 Å². The third kappa shape index (κ3) is 13.2. The maximum Gasteiger partial charge on any atom is 0.410 e. The van der Waals surface area contributed by atoms with Gasteiger partial charge in [-0.1, -0.05) is 0 Å². The lowest BCUT2D eigenvalue weighted by atomic mass is 9.68. The second-order valence-electron chi connectivity index (χ2n) is 19.4. The van der Waals surface area contributed by atoms with E-state index in [4.69, 9.17) is 14.7 Å². The van der Waals surface area contributed by atoms with Gasteiger partial charge in [0.05, 0.1) is 11.4 Å². The molecular formula is C48H54Br2F4N8O8. The molecule has 4 atom stereocenters. The predicted octanol–water partition coefficient (Wildman–Crippen LogP) is 8.28. The Morgan fingerprint density at radius 3 is 1.44 bits per heavy atom. The van der Waals surface area contributed by atoms with E-state index in [-0.39, 0.29) is 55.5 Å². The summed E-state index contributed by atoms with van der Waals surface area (Å²) in [5, 5.41) is 37.2. The Morgan fingerprint density at radius 1 is 0.671 bits per heavy atom. The largest absolute Gasteiger partial charge is 0.444 e. The number of anilines is 1. The predicted molar refractivity (Wildman–Crippen MR) is 254 cm³/mol. The Kier molecular flexibility index (Phi) is 16.7. The number of piperidine rings is 4. The Labute approximate surface area is 419 Å². The van der Waals surface area contributed by atoms with Crippen LogP contribution in [0.3, 0.4) is 0 Å². The highest BCUT2D eigenvalue weighted by Crippen LogP contribution is 2.46. The summed E-state index contributed by atoms with van der Waals surface area (Å²) in [6, 6.07) is 12.0. The number of ether oxygens (including phenoxy) is 3. The number of aromatic nitrogens is 2. The Bertz CT molecular complexity index is 2490. The van der Waals surface area contributed by atoms with Crippen molar-refractivity contribution in [3.05, 3.63) is 117 Å². The zero-order valence-corrected chi connectivity index (χ0v) is 42.4. The van der Waals surface area contributed by atoms with Gasteiger partial charge in [-0.3, -0.25) is 9.97 Å². The molecule has 70 heavy (non-hydrogen) atoms. The first-order valence-corrected chi connectivity index (χ1v) is 23.8. The summed E-state index contributed by atoms with van der Waals surface area (Å²) < 4.78 is 68.6. The number of halogens is 6. The molecule has 2 aromatic heterocycles. The van der Waals surface area contributed by atoms with E-state index in [0.29, 0.717) is 43.6 Å². The van der Waals surface area contributed by atoms with Gasteiger partial charge in [-0.25, -0.2) is 31.9 Å². The zero-order chi connectivity index (χ0) is 51.3. The molecule has 4 bridgehead atoms. The minimum atomic E-state index is -1.39. The number of nitriles is 1. The van der Waals surface area contributed by atoms with E-state index in [1.807, 2.05) is 32.9 Å². The van der Waals surface area contributed by atoms with Crippen LogP contribution in [0.1, 0.15) is 52.9 Å². The highest BCUT2D eigenvalue weighted by molar-refractivity contribution is 9.10. The lowest BCUT2D eigenvalue weighted by molar-refractivity contribution is -0.156. The second kappa shape index (κ2) is 21.8. The highest BCUT2D eigenvalue weighted by Gasteiger charge is 2.57. The topological polar surface area (TPSA) is 203 Å². The molecule has 4 unspecified atom stereocenters. The van der Waals surface area contributed by atoms with Gasteiger partial charge in [0.25, 0.3) is 6.26 Å². The van der Waals surface area contributed by atoms with Gasteiger partial charge in [0.1, 0.15) is 51.4 Å². The zero-order valence-electron chi connectivity index (χ0n) is 39.2. The first-order chi connectivity index (χ1) is 32.8. The van der Waals surface area contributed by atoms with Crippen molar-refractivity contribution >= 4 is 55.8 Å². The molecule has 0 radical (unpaired) electrons. The van der Waals surface area contributed by atoms with E-state index >= 15 is 0 Å². The number of fused-ring (bicyclic) bond motifs is 4. The van der Waals surface area contributed by atoms with Gasteiger partial charge in [0, 0.05) is 127 Å². The van der Waals surface area contributed by atoms with Crippen LogP contribution in [-0.4, -0.2) is 117 Å². The first-order valence-electron chi connectivity index (χ1n) is 22.2. The van der Waals surface area contributed by atoms with Gasteiger partial charge in [0.15, 0.2) is 0 Å². The number of aliphatic hydroxyl groups is 2. The summed E-state index contributed by atoms with van der Waals surface area (Å²) in [5.41, 5.74) is -2.50. The van der Waals surface area contributed by atoms with Crippen molar-refractivity contribution < 1.29 is 56.4 Å². The Balaban J connectivity index is 0.000000197. The summed E-state index contributed by atoms with van der Waals surface area (Å²) in [5.74, 6) is -4.68.